The largest absolute Gasteiger partial charge is 0.493 e. The molecular weight excluding hydrogens is 575 g/mol. The van der Waals surface area contributed by atoms with E-state index < -0.39 is 0 Å². The number of carbonyl (C=O) groups excluding carboxylic acids is 1. The van der Waals surface area contributed by atoms with Crippen molar-refractivity contribution in [3.8, 4) is 17.2 Å². The molecule has 1 N–H and O–H groups in total. The van der Waals surface area contributed by atoms with E-state index in [4.69, 9.17) is 14.2 Å². The van der Waals surface area contributed by atoms with E-state index in [1.807, 2.05) is 48.5 Å². The van der Waals surface area contributed by atoms with Crippen LogP contribution in [0.1, 0.15) is 11.1 Å². The van der Waals surface area contributed by atoms with Gasteiger partial charge in [-0.25, -0.2) is 5.43 Å². The third-order valence-electron chi connectivity index (χ3n) is 4.06. The van der Waals surface area contributed by atoms with Crippen molar-refractivity contribution in [2.75, 3.05) is 13.7 Å². The van der Waals surface area contributed by atoms with E-state index in [1.165, 1.54) is 0 Å². The van der Waals surface area contributed by atoms with Crippen molar-refractivity contribution in [3.63, 3.8) is 0 Å². The van der Waals surface area contributed by atoms with E-state index in [0.29, 0.717) is 23.9 Å². The smallest absolute Gasteiger partial charge is 0.277 e. The van der Waals surface area contributed by atoms with E-state index >= 15 is 0 Å². The number of nitrogens with one attached hydrogen (secondary N) is 1. The second-order valence-electron chi connectivity index (χ2n) is 6.34. The van der Waals surface area contributed by atoms with Crippen molar-refractivity contribution in [1.82, 2.24) is 5.43 Å². The van der Waals surface area contributed by atoms with Crippen LogP contribution in [0.4, 0.5) is 0 Å². The lowest BCUT2D eigenvalue weighted by Crippen LogP contribution is -2.24. The minimum atomic E-state index is -0.351. The van der Waals surface area contributed by atoms with Crippen LogP contribution in [0.5, 0.6) is 17.2 Å². The molecule has 0 heterocycles. The molecule has 0 atom stereocenters. The highest BCUT2D eigenvalue weighted by Gasteiger charge is 2.12. The maximum Gasteiger partial charge on any atom is 0.277 e. The Morgan fingerprint density at radius 2 is 1.84 bits per heavy atom. The number of carbonyl (C=O) groups is 1. The number of ether oxygens (including phenoxy) is 3. The summed E-state index contributed by atoms with van der Waals surface area (Å²) in [4.78, 5) is 11.9. The van der Waals surface area contributed by atoms with Gasteiger partial charge in [0.25, 0.3) is 5.91 Å². The molecule has 3 aromatic rings. The first-order valence-corrected chi connectivity index (χ1v) is 11.2. The van der Waals surface area contributed by atoms with Gasteiger partial charge >= 0.3 is 0 Å². The molecule has 0 bridgehead atoms. The van der Waals surface area contributed by atoms with Gasteiger partial charge in [0.1, 0.15) is 12.4 Å². The van der Waals surface area contributed by atoms with E-state index in [-0.39, 0.29) is 12.5 Å². The predicted molar refractivity (Wildman–Crippen MR) is 132 cm³/mol. The quantitative estimate of drug-likeness (QED) is 0.211. The molecule has 0 aliphatic carbocycles. The second kappa shape index (κ2) is 11.7. The zero-order valence-electron chi connectivity index (χ0n) is 16.7. The van der Waals surface area contributed by atoms with Gasteiger partial charge in [0, 0.05) is 4.47 Å². The predicted octanol–water partition coefficient (Wildman–Crippen LogP) is 5.17. The molecule has 0 spiro atoms. The Morgan fingerprint density at radius 1 is 1.10 bits per heavy atom. The lowest BCUT2D eigenvalue weighted by molar-refractivity contribution is -0.123. The van der Waals surface area contributed by atoms with Crippen LogP contribution >= 0.6 is 38.5 Å². The Bertz CT molecular complexity index is 1040. The Hall–Kier alpha value is -2.59. The van der Waals surface area contributed by atoms with E-state index in [1.54, 1.807) is 31.5 Å². The minimum absolute atomic E-state index is 0.120. The lowest BCUT2D eigenvalue weighted by atomic mass is 10.2. The van der Waals surface area contributed by atoms with Gasteiger partial charge in [0.15, 0.2) is 18.1 Å². The number of para-hydroxylation sites is 1. The highest BCUT2D eigenvalue weighted by Crippen LogP contribution is 2.34. The lowest BCUT2D eigenvalue weighted by Gasteiger charge is -2.13. The van der Waals surface area contributed by atoms with Crippen LogP contribution in [-0.2, 0) is 11.4 Å². The van der Waals surface area contributed by atoms with Crippen LogP contribution in [0, 0.1) is 3.57 Å². The number of methoxy groups -OCH3 is 1. The highest BCUT2D eigenvalue weighted by atomic mass is 127. The summed E-state index contributed by atoms with van der Waals surface area (Å²) in [5.41, 5.74) is 4.26. The van der Waals surface area contributed by atoms with Gasteiger partial charge in [0.05, 0.1) is 16.9 Å². The Kier molecular flexibility index (Phi) is 8.72. The average Bonchev–Trinajstić information content (AvgIpc) is 2.78. The summed E-state index contributed by atoms with van der Waals surface area (Å²) >= 11 is 5.61. The van der Waals surface area contributed by atoms with Crippen molar-refractivity contribution in [2.24, 2.45) is 5.10 Å². The average molecular weight is 595 g/mol. The summed E-state index contributed by atoms with van der Waals surface area (Å²) < 4.78 is 18.7. The molecule has 0 radical (unpaired) electrons. The number of rotatable bonds is 9. The Balaban J connectivity index is 1.58. The molecule has 6 nitrogen and oxygen atoms in total. The van der Waals surface area contributed by atoms with Crippen molar-refractivity contribution < 1.29 is 19.0 Å². The maximum absolute atomic E-state index is 11.9. The normalized spacial score (nSPS) is 10.7. The van der Waals surface area contributed by atoms with Gasteiger partial charge in [-0.15, -0.1) is 0 Å². The van der Waals surface area contributed by atoms with Gasteiger partial charge in [-0.3, -0.25) is 4.79 Å². The minimum Gasteiger partial charge on any atom is -0.493 e. The van der Waals surface area contributed by atoms with Crippen LogP contribution < -0.4 is 19.6 Å². The first-order chi connectivity index (χ1) is 15.0. The number of amides is 1. The number of halogens is 2. The van der Waals surface area contributed by atoms with Gasteiger partial charge in [-0.05, 0) is 70.1 Å². The molecule has 0 saturated heterocycles. The third kappa shape index (κ3) is 7.25. The van der Waals surface area contributed by atoms with Gasteiger partial charge < -0.3 is 14.2 Å². The molecule has 8 heteroatoms. The van der Waals surface area contributed by atoms with E-state index in [9.17, 15) is 4.79 Å². The number of hydrogen-bond donors (Lipinski definition) is 1. The summed E-state index contributed by atoms with van der Waals surface area (Å²) in [5, 5.41) is 3.99. The van der Waals surface area contributed by atoms with Gasteiger partial charge in [-0.2, -0.15) is 5.10 Å². The third-order valence-corrected chi connectivity index (χ3v) is 5.39. The van der Waals surface area contributed by atoms with Crippen LogP contribution in [0.2, 0.25) is 0 Å². The van der Waals surface area contributed by atoms with E-state index in [2.05, 4.69) is 49.0 Å². The fourth-order valence-corrected chi connectivity index (χ4v) is 3.61. The Morgan fingerprint density at radius 3 is 2.55 bits per heavy atom. The molecule has 0 unspecified atom stereocenters. The molecule has 160 valence electrons. The van der Waals surface area contributed by atoms with Crippen molar-refractivity contribution in [3.05, 3.63) is 85.9 Å². The van der Waals surface area contributed by atoms with Crippen molar-refractivity contribution in [2.45, 2.75) is 6.61 Å². The van der Waals surface area contributed by atoms with Gasteiger partial charge in [-0.1, -0.05) is 46.3 Å². The summed E-state index contributed by atoms with van der Waals surface area (Å²) in [6, 6.07) is 20.8. The summed E-state index contributed by atoms with van der Waals surface area (Å²) in [7, 11) is 1.58. The zero-order valence-corrected chi connectivity index (χ0v) is 20.4. The van der Waals surface area contributed by atoms with Crippen LogP contribution in [-0.4, -0.2) is 25.8 Å². The molecule has 3 aromatic carbocycles. The highest BCUT2D eigenvalue weighted by molar-refractivity contribution is 14.1. The van der Waals surface area contributed by atoms with Crippen LogP contribution in [0.25, 0.3) is 0 Å². The first kappa shape index (κ1) is 23.1. The number of hydrazone groups is 1. The first-order valence-electron chi connectivity index (χ1n) is 9.29. The van der Waals surface area contributed by atoms with E-state index in [0.717, 1.165) is 19.2 Å². The second-order valence-corrected chi connectivity index (χ2v) is 8.42. The fraction of sp³-hybridized carbons (Fsp3) is 0.130. The van der Waals surface area contributed by atoms with Crippen molar-refractivity contribution >= 4 is 50.6 Å². The van der Waals surface area contributed by atoms with Crippen LogP contribution in [0.3, 0.4) is 0 Å². The summed E-state index contributed by atoms with van der Waals surface area (Å²) in [6.07, 6.45) is 1.55. The molecule has 31 heavy (non-hydrogen) atoms. The number of nitrogens with zero attached hydrogens (tertiary/aromatic N) is 1. The molecule has 0 aliphatic heterocycles. The molecule has 0 saturated carbocycles. The molecular formula is C23H20BrIN2O4. The maximum atomic E-state index is 11.9. The topological polar surface area (TPSA) is 69.2 Å². The zero-order chi connectivity index (χ0) is 22.1. The SMILES string of the molecule is COc1cc(/C=N\NC(=O)COc2ccccc2)cc(I)c1OCc1ccc(Br)cc1. The summed E-state index contributed by atoms with van der Waals surface area (Å²) in [6.45, 7) is 0.301. The summed E-state index contributed by atoms with van der Waals surface area (Å²) in [5.74, 6) is 1.52. The van der Waals surface area contributed by atoms with Crippen LogP contribution in [0.15, 0.2) is 76.3 Å². The monoisotopic (exact) mass is 594 g/mol. The molecule has 0 aromatic heterocycles. The van der Waals surface area contributed by atoms with Gasteiger partial charge in [0.2, 0.25) is 0 Å². The van der Waals surface area contributed by atoms with Crippen molar-refractivity contribution in [1.29, 1.82) is 0 Å². The molecule has 1 amide bonds. The fourth-order valence-electron chi connectivity index (χ4n) is 2.57. The standard InChI is InChI=1S/C23H20BrIN2O4/c1-29-21-12-17(13-26-27-22(28)15-30-19-5-3-2-4-6-19)11-20(25)23(21)31-14-16-7-9-18(24)10-8-16/h2-13H,14-15H2,1H3,(H,27,28)/b26-13-. The number of hydrogen-bond acceptors (Lipinski definition) is 5. The number of benzene rings is 3. The molecule has 0 aliphatic rings. The molecule has 0 fully saturated rings. The molecule has 3 rings (SSSR count). The Labute approximate surface area is 202 Å².